The second-order valence-electron chi connectivity index (χ2n) is 2.30. The van der Waals surface area contributed by atoms with Crippen LogP contribution in [0.3, 0.4) is 0 Å². The Morgan fingerprint density at radius 2 is 1.82 bits per heavy atom. The first-order chi connectivity index (χ1) is 5.47. The van der Waals surface area contributed by atoms with Crippen molar-refractivity contribution in [1.29, 1.82) is 0 Å². The van der Waals surface area contributed by atoms with Crippen molar-refractivity contribution in [3.05, 3.63) is 46.3 Å². The fourth-order valence-electron chi connectivity index (χ4n) is 1.01. The Morgan fingerprint density at radius 3 is 2.45 bits per heavy atom. The van der Waals surface area contributed by atoms with Crippen molar-refractivity contribution in [1.82, 2.24) is 0 Å². The van der Waals surface area contributed by atoms with Gasteiger partial charge in [-0.2, -0.15) is 0 Å². The van der Waals surface area contributed by atoms with E-state index in [-0.39, 0.29) is 0 Å². The molecule has 0 fully saturated rings. The fourth-order valence-corrected chi connectivity index (χ4v) is 2.23. The van der Waals surface area contributed by atoms with Gasteiger partial charge in [0.25, 0.3) is 0 Å². The van der Waals surface area contributed by atoms with Crippen LogP contribution in [0.4, 0.5) is 0 Å². The van der Waals surface area contributed by atoms with E-state index >= 15 is 0 Å². The van der Waals surface area contributed by atoms with Crippen LogP contribution in [0.1, 0.15) is 0 Å². The molecule has 11 heavy (non-hydrogen) atoms. The topological polar surface area (TPSA) is 0 Å². The fraction of sp³-hybridized carbons (Fsp3) is 0. The monoisotopic (exact) mass is 207 g/mol. The molecule has 1 aromatic carbocycles. The summed E-state index contributed by atoms with van der Waals surface area (Å²) in [4.78, 5) is 5.53. The van der Waals surface area contributed by atoms with E-state index in [1.165, 1.54) is 11.1 Å². The summed E-state index contributed by atoms with van der Waals surface area (Å²) in [6.45, 7) is 0. The van der Waals surface area contributed by atoms with Gasteiger partial charge in [-0.3, -0.25) is 0 Å². The molecule has 0 atom stereocenters. The zero-order chi connectivity index (χ0) is 7.52. The van der Waals surface area contributed by atoms with Gasteiger partial charge in [0, 0.05) is 0 Å². The van der Waals surface area contributed by atoms with Gasteiger partial charge in [0.05, 0.1) is 0 Å². The van der Waals surface area contributed by atoms with Crippen LogP contribution < -0.4 is 0 Å². The third kappa shape index (κ3) is 1.45. The Bertz CT molecular complexity index is 308. The summed E-state index contributed by atoms with van der Waals surface area (Å²) in [7, 11) is 0. The van der Waals surface area contributed by atoms with Gasteiger partial charge in [0.1, 0.15) is 0 Å². The standard InChI is InChI=1S/C10H7Se/c1-2-4-9(5-3-1)10-6-7-11-8-10/h1-7H. The van der Waals surface area contributed by atoms with E-state index in [4.69, 9.17) is 0 Å². The molecular weight excluding hydrogens is 199 g/mol. The van der Waals surface area contributed by atoms with Crippen LogP contribution in [0.25, 0.3) is 11.1 Å². The molecule has 0 aliphatic rings. The average molecular weight is 206 g/mol. The molecule has 0 bridgehead atoms. The first-order valence-electron chi connectivity index (χ1n) is 3.47. The molecule has 0 saturated heterocycles. The summed E-state index contributed by atoms with van der Waals surface area (Å²) < 4.78 is 0. The molecule has 1 radical (unpaired) electrons. The summed E-state index contributed by atoms with van der Waals surface area (Å²) in [6, 6.07) is 12.5. The van der Waals surface area contributed by atoms with Gasteiger partial charge in [-0.1, -0.05) is 0 Å². The Labute approximate surface area is 72.2 Å². The first kappa shape index (κ1) is 6.90. The zero-order valence-electron chi connectivity index (χ0n) is 5.95. The Hall–Kier alpha value is -0.781. The summed E-state index contributed by atoms with van der Waals surface area (Å²) >= 11 is 0.477. The molecule has 2 aromatic rings. The second-order valence-corrected chi connectivity index (χ2v) is 3.80. The summed E-state index contributed by atoms with van der Waals surface area (Å²) in [5.74, 6) is 0. The van der Waals surface area contributed by atoms with Crippen molar-refractivity contribution in [2.45, 2.75) is 0 Å². The van der Waals surface area contributed by atoms with Gasteiger partial charge in [-0.05, 0) is 0 Å². The second kappa shape index (κ2) is 3.08. The minimum absolute atomic E-state index is 0.477. The van der Waals surface area contributed by atoms with Gasteiger partial charge >= 0.3 is 71.9 Å². The van der Waals surface area contributed by atoms with Crippen LogP contribution in [0.5, 0.6) is 0 Å². The van der Waals surface area contributed by atoms with Crippen molar-refractivity contribution in [3.63, 3.8) is 0 Å². The number of hydrogen-bond donors (Lipinski definition) is 0. The normalized spacial score (nSPS) is 9.82. The Balaban J connectivity index is 2.46. The van der Waals surface area contributed by atoms with E-state index in [1.807, 2.05) is 6.07 Å². The van der Waals surface area contributed by atoms with Crippen molar-refractivity contribution in [2.24, 2.45) is 0 Å². The van der Waals surface area contributed by atoms with Gasteiger partial charge < -0.3 is 0 Å². The molecule has 1 heterocycles. The van der Waals surface area contributed by atoms with Crippen LogP contribution >= 0.6 is 0 Å². The van der Waals surface area contributed by atoms with Gasteiger partial charge in [0.15, 0.2) is 0 Å². The maximum atomic E-state index is 3.34. The van der Waals surface area contributed by atoms with Crippen molar-refractivity contribution < 1.29 is 0 Å². The molecule has 0 N–H and O–H groups in total. The molecule has 0 nitrogen and oxygen atoms in total. The Morgan fingerprint density at radius 1 is 1.00 bits per heavy atom. The maximum absolute atomic E-state index is 3.34. The van der Waals surface area contributed by atoms with Crippen molar-refractivity contribution in [3.8, 4) is 11.1 Å². The molecule has 53 valence electrons. The van der Waals surface area contributed by atoms with Gasteiger partial charge in [-0.15, -0.1) is 0 Å². The van der Waals surface area contributed by atoms with E-state index in [1.54, 1.807) is 0 Å². The molecular formula is C10H7Se. The van der Waals surface area contributed by atoms with Gasteiger partial charge in [-0.25, -0.2) is 0 Å². The molecule has 1 aromatic heterocycles. The molecule has 0 aliphatic carbocycles. The van der Waals surface area contributed by atoms with Gasteiger partial charge in [0.2, 0.25) is 0 Å². The summed E-state index contributed by atoms with van der Waals surface area (Å²) in [5, 5.41) is 0. The van der Waals surface area contributed by atoms with Crippen LogP contribution in [0.15, 0.2) is 41.3 Å². The van der Waals surface area contributed by atoms with Crippen LogP contribution in [0.2, 0.25) is 0 Å². The molecule has 0 amide bonds. The van der Waals surface area contributed by atoms with E-state index in [0.717, 1.165) is 0 Å². The number of rotatable bonds is 1. The van der Waals surface area contributed by atoms with E-state index in [9.17, 15) is 0 Å². The third-order valence-electron chi connectivity index (χ3n) is 1.56. The molecule has 0 aliphatic heterocycles. The zero-order valence-corrected chi connectivity index (χ0v) is 7.66. The number of benzene rings is 1. The molecule has 0 unspecified atom stereocenters. The molecule has 2 rings (SSSR count). The van der Waals surface area contributed by atoms with Crippen LogP contribution in [0, 0.1) is 4.94 Å². The van der Waals surface area contributed by atoms with E-state index in [2.05, 4.69) is 40.2 Å². The summed E-state index contributed by atoms with van der Waals surface area (Å²) in [6.07, 6.45) is 0. The van der Waals surface area contributed by atoms with E-state index in [0.29, 0.717) is 14.5 Å². The molecule has 0 spiro atoms. The van der Waals surface area contributed by atoms with Crippen LogP contribution in [-0.4, -0.2) is 14.5 Å². The molecule has 1 heteroatoms. The predicted octanol–water partition coefficient (Wildman–Crippen LogP) is 2.21. The summed E-state index contributed by atoms with van der Waals surface area (Å²) in [5.41, 5.74) is 2.54. The quantitative estimate of drug-likeness (QED) is 0.627. The third-order valence-corrected chi connectivity index (χ3v) is 2.84. The Kier molecular flexibility index (Phi) is 1.93. The molecule has 0 saturated carbocycles. The SMILES string of the molecule is [c]1[se]ccc1-c1ccccc1. The van der Waals surface area contributed by atoms with Crippen molar-refractivity contribution >= 4 is 14.5 Å². The van der Waals surface area contributed by atoms with Crippen LogP contribution in [-0.2, 0) is 0 Å². The van der Waals surface area contributed by atoms with Crippen molar-refractivity contribution in [2.75, 3.05) is 0 Å². The van der Waals surface area contributed by atoms with E-state index < -0.39 is 0 Å². The number of hydrogen-bond acceptors (Lipinski definition) is 0. The average Bonchev–Trinajstić information content (AvgIpc) is 2.58. The minimum atomic E-state index is 0.477. The predicted molar refractivity (Wildman–Crippen MR) is 47.7 cm³/mol. The first-order valence-corrected chi connectivity index (χ1v) is 5.32.